The van der Waals surface area contributed by atoms with Crippen LogP contribution in [0.5, 0.6) is 11.6 Å². The van der Waals surface area contributed by atoms with Crippen LogP contribution in [0.3, 0.4) is 0 Å². The molecule has 1 saturated heterocycles. The number of carbonyl (C=O) groups excluding carboxylic acids is 1. The van der Waals surface area contributed by atoms with Crippen LogP contribution in [0, 0.1) is 0 Å². The van der Waals surface area contributed by atoms with Gasteiger partial charge in [0.15, 0.2) is 0 Å². The molecule has 0 aliphatic carbocycles. The number of amides is 1. The van der Waals surface area contributed by atoms with E-state index < -0.39 is 17.1 Å². The average molecular weight is 477 g/mol. The largest absolute Gasteiger partial charge is 0.494 e. The van der Waals surface area contributed by atoms with E-state index >= 15 is 0 Å². The molecule has 11 heteroatoms. The third-order valence-corrected chi connectivity index (χ3v) is 6.09. The van der Waals surface area contributed by atoms with Crippen LogP contribution in [0.1, 0.15) is 25.3 Å². The maximum absolute atomic E-state index is 12.8. The molecule has 1 aromatic carbocycles. The minimum absolute atomic E-state index is 0.0101. The summed E-state index contributed by atoms with van der Waals surface area (Å²) in [5.74, 6) is -0.135. The molecule has 1 atom stereocenters. The summed E-state index contributed by atoms with van der Waals surface area (Å²) in [4.78, 5) is 41.9. The van der Waals surface area contributed by atoms with Gasteiger partial charge in [-0.2, -0.15) is 0 Å². The van der Waals surface area contributed by atoms with Gasteiger partial charge < -0.3 is 19.9 Å². The molecule has 1 aromatic heterocycles. The number of nitrogens with one attached hydrogen (secondary N) is 1. The van der Waals surface area contributed by atoms with Crippen molar-refractivity contribution in [3.63, 3.8) is 0 Å². The Morgan fingerprint density at radius 2 is 2.00 bits per heavy atom. The van der Waals surface area contributed by atoms with Gasteiger partial charge in [0, 0.05) is 27.2 Å². The monoisotopic (exact) mass is 476 g/mol. The van der Waals surface area contributed by atoms with Crippen LogP contribution in [-0.4, -0.2) is 56.8 Å². The smallest absolute Gasteiger partial charge is 0.333 e. The number of benzene rings is 1. The van der Waals surface area contributed by atoms with Gasteiger partial charge in [-0.25, -0.2) is 9.79 Å². The molecule has 10 nitrogen and oxygen atoms in total. The molecule has 0 bridgehead atoms. The summed E-state index contributed by atoms with van der Waals surface area (Å²) in [5.41, 5.74) is -1.02. The van der Waals surface area contributed by atoms with Crippen LogP contribution >= 0.6 is 11.8 Å². The molecule has 1 aliphatic rings. The molecule has 1 aliphatic heterocycles. The summed E-state index contributed by atoms with van der Waals surface area (Å²) >= 11 is 1.00. The minimum Gasteiger partial charge on any atom is -0.494 e. The Kier molecular flexibility index (Phi) is 8.34. The second-order valence-corrected chi connectivity index (χ2v) is 8.44. The molecule has 0 saturated carbocycles. The molecule has 178 valence electrons. The fourth-order valence-corrected chi connectivity index (χ4v) is 4.16. The molecule has 2 N–H and O–H groups in total. The second kappa shape index (κ2) is 11.2. The third-order valence-electron chi connectivity index (χ3n) is 5.12. The van der Waals surface area contributed by atoms with Gasteiger partial charge in [-0.3, -0.25) is 18.7 Å². The van der Waals surface area contributed by atoms with Gasteiger partial charge in [0.1, 0.15) is 16.4 Å². The molecule has 2 aromatic rings. The Balaban J connectivity index is 1.89. The zero-order valence-corrected chi connectivity index (χ0v) is 19.7. The van der Waals surface area contributed by atoms with Gasteiger partial charge in [0.2, 0.25) is 11.8 Å². The van der Waals surface area contributed by atoms with Crippen molar-refractivity contribution in [2.45, 2.75) is 25.9 Å². The number of rotatable bonds is 8. The standard InChI is InChI=1S/C22H28N4O6S/c1-4-31-15-9-7-14(8-10-15)24-19(18-20(28)25(2)22(30)26(3)21(18)29)33-13-17(27)23-12-16-6-5-11-32-16/h7-10,16,28H,4-6,11-13H2,1-3H3,(H,23,27). The molecule has 1 amide bonds. The number of thioether (sulfide) groups is 1. The Morgan fingerprint density at radius 1 is 1.27 bits per heavy atom. The van der Waals surface area contributed by atoms with Gasteiger partial charge in [-0.05, 0) is 44.0 Å². The zero-order valence-electron chi connectivity index (χ0n) is 18.9. The number of aromatic nitrogens is 2. The number of hydrogen-bond donors (Lipinski definition) is 2. The van der Waals surface area contributed by atoms with E-state index in [1.807, 2.05) is 6.92 Å². The predicted octanol–water partition coefficient (Wildman–Crippen LogP) is 1.29. The van der Waals surface area contributed by atoms with Crippen LogP contribution in [0.2, 0.25) is 0 Å². The first-order valence-corrected chi connectivity index (χ1v) is 11.6. The highest BCUT2D eigenvalue weighted by atomic mass is 32.2. The molecule has 33 heavy (non-hydrogen) atoms. The van der Waals surface area contributed by atoms with E-state index in [9.17, 15) is 19.5 Å². The maximum Gasteiger partial charge on any atom is 0.333 e. The number of carbonyl (C=O) groups is 1. The molecular formula is C22H28N4O6S. The van der Waals surface area contributed by atoms with E-state index in [0.29, 0.717) is 31.2 Å². The number of ether oxygens (including phenoxy) is 2. The van der Waals surface area contributed by atoms with Crippen LogP contribution in [-0.2, 0) is 23.6 Å². The van der Waals surface area contributed by atoms with Gasteiger partial charge in [-0.1, -0.05) is 11.8 Å². The lowest BCUT2D eigenvalue weighted by molar-refractivity contribution is -0.119. The van der Waals surface area contributed by atoms with Crippen molar-refractivity contribution in [2.75, 3.05) is 25.5 Å². The SMILES string of the molecule is CCOc1ccc(N=C(SCC(=O)NCC2CCCO2)c2c(O)n(C)c(=O)n(C)c2=O)cc1. The molecule has 3 rings (SSSR count). The Hall–Kier alpha value is -3.05. The fraction of sp³-hybridized carbons (Fsp3) is 0.455. The van der Waals surface area contributed by atoms with E-state index in [1.165, 1.54) is 14.1 Å². The van der Waals surface area contributed by atoms with Crippen LogP contribution in [0.4, 0.5) is 5.69 Å². The first-order chi connectivity index (χ1) is 15.8. The summed E-state index contributed by atoms with van der Waals surface area (Å²) in [6.07, 6.45) is 1.89. The van der Waals surface area contributed by atoms with Crippen LogP contribution in [0.15, 0.2) is 38.8 Å². The lowest BCUT2D eigenvalue weighted by Crippen LogP contribution is -2.40. The van der Waals surface area contributed by atoms with Gasteiger partial charge in [0.25, 0.3) is 5.56 Å². The van der Waals surface area contributed by atoms with Gasteiger partial charge in [-0.15, -0.1) is 0 Å². The Bertz CT molecular complexity index is 1130. The molecular weight excluding hydrogens is 448 g/mol. The predicted molar refractivity (Wildman–Crippen MR) is 127 cm³/mol. The Labute approximate surface area is 195 Å². The molecule has 0 spiro atoms. The molecule has 1 unspecified atom stereocenters. The van der Waals surface area contributed by atoms with E-state index in [0.717, 1.165) is 33.7 Å². The summed E-state index contributed by atoms with van der Waals surface area (Å²) in [5, 5.41) is 13.5. The molecule has 2 heterocycles. The normalized spacial score (nSPS) is 16.1. The maximum atomic E-state index is 12.8. The average Bonchev–Trinajstić information content (AvgIpc) is 3.33. The van der Waals surface area contributed by atoms with E-state index in [-0.39, 0.29) is 28.4 Å². The first-order valence-electron chi connectivity index (χ1n) is 10.6. The minimum atomic E-state index is -0.701. The van der Waals surface area contributed by atoms with Crippen LogP contribution < -0.4 is 21.3 Å². The number of aromatic hydroxyl groups is 1. The Morgan fingerprint density at radius 3 is 2.64 bits per heavy atom. The summed E-state index contributed by atoms with van der Waals surface area (Å²) < 4.78 is 12.8. The number of nitrogens with zero attached hydrogens (tertiary/aromatic N) is 3. The zero-order chi connectivity index (χ0) is 24.0. The lowest BCUT2D eigenvalue weighted by Gasteiger charge is -2.13. The van der Waals surface area contributed by atoms with Crippen molar-refractivity contribution in [3.05, 3.63) is 50.7 Å². The highest BCUT2D eigenvalue weighted by Gasteiger charge is 2.22. The highest BCUT2D eigenvalue weighted by molar-refractivity contribution is 8.15. The summed E-state index contributed by atoms with van der Waals surface area (Å²) in [7, 11) is 2.68. The lowest BCUT2D eigenvalue weighted by atomic mass is 10.2. The summed E-state index contributed by atoms with van der Waals surface area (Å²) in [6.45, 7) is 3.51. The fourth-order valence-electron chi connectivity index (χ4n) is 3.30. The summed E-state index contributed by atoms with van der Waals surface area (Å²) in [6, 6.07) is 6.87. The highest BCUT2D eigenvalue weighted by Crippen LogP contribution is 2.24. The van der Waals surface area contributed by atoms with Crippen molar-refractivity contribution in [1.82, 2.24) is 14.5 Å². The van der Waals surface area contributed by atoms with Gasteiger partial charge in [0.05, 0.1) is 24.2 Å². The molecule has 0 radical (unpaired) electrons. The second-order valence-electron chi connectivity index (χ2n) is 7.48. The van der Waals surface area contributed by atoms with Crippen molar-refractivity contribution in [2.24, 2.45) is 19.1 Å². The van der Waals surface area contributed by atoms with Crippen LogP contribution in [0.25, 0.3) is 0 Å². The quantitative estimate of drug-likeness (QED) is 0.435. The van der Waals surface area contributed by atoms with Crippen molar-refractivity contribution in [3.8, 4) is 11.6 Å². The van der Waals surface area contributed by atoms with E-state index in [4.69, 9.17) is 9.47 Å². The topological polar surface area (TPSA) is 124 Å². The van der Waals surface area contributed by atoms with E-state index in [1.54, 1.807) is 24.3 Å². The third kappa shape index (κ3) is 6.05. The number of hydrogen-bond acceptors (Lipinski definition) is 8. The van der Waals surface area contributed by atoms with Crippen molar-refractivity contribution >= 4 is 28.4 Å². The van der Waals surface area contributed by atoms with Crippen molar-refractivity contribution < 1.29 is 19.4 Å². The van der Waals surface area contributed by atoms with Gasteiger partial charge >= 0.3 is 5.69 Å². The first kappa shape index (κ1) is 24.6. The van der Waals surface area contributed by atoms with Crippen molar-refractivity contribution in [1.29, 1.82) is 0 Å². The van der Waals surface area contributed by atoms with E-state index in [2.05, 4.69) is 10.3 Å². The molecule has 1 fully saturated rings. The number of aliphatic imine (C=N–C) groups is 1.